The molecule has 0 saturated carbocycles. The quantitative estimate of drug-likeness (QED) is 0.612. The minimum atomic E-state index is -3.10. The van der Waals surface area contributed by atoms with Gasteiger partial charge < -0.3 is 14.1 Å². The third-order valence-electron chi connectivity index (χ3n) is 2.86. The summed E-state index contributed by atoms with van der Waals surface area (Å²) in [6.07, 6.45) is 0.697. The first-order valence-electron chi connectivity index (χ1n) is 6.18. The molecule has 0 bridgehead atoms. The molecule has 6 nitrogen and oxygen atoms in total. The number of hydrogen-bond donors (Lipinski definition) is 1. The lowest BCUT2D eigenvalue weighted by molar-refractivity contribution is -0.108. The average Bonchev–Trinajstić information content (AvgIpc) is 2.82. The molecule has 0 saturated heterocycles. The van der Waals surface area contributed by atoms with Gasteiger partial charge in [0.25, 0.3) is 11.4 Å². The molecule has 1 unspecified atom stereocenters. The van der Waals surface area contributed by atoms with Gasteiger partial charge in [-0.1, -0.05) is 23.2 Å². The maximum atomic E-state index is 12.3. The highest BCUT2D eigenvalue weighted by molar-refractivity contribution is 7.28. The molecule has 0 spiro atoms. The van der Waals surface area contributed by atoms with Crippen molar-refractivity contribution < 1.29 is 18.3 Å². The summed E-state index contributed by atoms with van der Waals surface area (Å²) in [4.78, 5) is 22.8. The summed E-state index contributed by atoms with van der Waals surface area (Å²) >= 11 is 11.8. The lowest BCUT2D eigenvalue weighted by Crippen LogP contribution is -2.27. The molecular formula is C12H10Cl2F2N3O3P. The Morgan fingerprint density at radius 3 is 2.78 bits per heavy atom. The largest absolute Gasteiger partial charge is 0.414 e. The summed E-state index contributed by atoms with van der Waals surface area (Å²) in [5.74, 6) is -0.495. The third kappa shape index (κ3) is 3.71. The molecule has 0 aliphatic heterocycles. The predicted molar refractivity (Wildman–Crippen MR) is 85.0 cm³/mol. The highest BCUT2D eigenvalue weighted by Crippen LogP contribution is 2.33. The highest BCUT2D eigenvalue weighted by Gasteiger charge is 2.22. The number of carbonyl (C=O) groups is 1. The van der Waals surface area contributed by atoms with Crippen molar-refractivity contribution in [2.75, 3.05) is 0 Å². The number of halogens is 4. The van der Waals surface area contributed by atoms with Gasteiger partial charge in [-0.3, -0.25) is 9.89 Å². The summed E-state index contributed by atoms with van der Waals surface area (Å²) in [7, 11) is 2.35. The van der Waals surface area contributed by atoms with Crippen molar-refractivity contribution in [3.63, 3.8) is 0 Å². The average molecular weight is 384 g/mol. The summed E-state index contributed by atoms with van der Waals surface area (Å²) in [5, 5.41) is 6.22. The number of carbonyl (C=O) groups excluding carboxylic acids is 1. The summed E-state index contributed by atoms with van der Waals surface area (Å²) in [5.41, 5.74) is -0.184. The molecule has 0 aliphatic carbocycles. The van der Waals surface area contributed by atoms with Gasteiger partial charge in [0, 0.05) is 13.0 Å². The minimum Gasteiger partial charge on any atom is -0.414 e. The molecule has 2 aromatic heterocycles. The molecule has 0 radical (unpaired) electrons. The van der Waals surface area contributed by atoms with E-state index in [0.717, 1.165) is 0 Å². The molecule has 11 heteroatoms. The zero-order chi connectivity index (χ0) is 17.1. The number of hydrogen-bond acceptors (Lipinski definition) is 4. The lowest BCUT2D eigenvalue weighted by atomic mass is 10.2. The van der Waals surface area contributed by atoms with E-state index in [0.29, 0.717) is 11.6 Å². The van der Waals surface area contributed by atoms with Gasteiger partial charge in [0.05, 0.1) is 5.69 Å². The summed E-state index contributed by atoms with van der Waals surface area (Å²) in [6, 6.07) is 1.38. The zero-order valence-electron chi connectivity index (χ0n) is 11.4. The number of alkyl halides is 2. The fourth-order valence-electron chi connectivity index (χ4n) is 1.96. The number of ether oxygens (including phenoxy) is 1. The maximum absolute atomic E-state index is 12.3. The van der Waals surface area contributed by atoms with Gasteiger partial charge >= 0.3 is 6.61 Å². The van der Waals surface area contributed by atoms with Crippen molar-refractivity contribution in [3.8, 4) is 17.3 Å². The van der Waals surface area contributed by atoms with Crippen molar-refractivity contribution in [2.24, 2.45) is 0 Å². The van der Waals surface area contributed by atoms with E-state index in [1.807, 2.05) is 0 Å². The van der Waals surface area contributed by atoms with Crippen LogP contribution in [0.1, 0.15) is 6.42 Å². The van der Waals surface area contributed by atoms with Crippen LogP contribution in [0.15, 0.2) is 10.9 Å². The molecule has 1 N–H and O–H groups in total. The third-order valence-corrected chi connectivity index (χ3v) is 3.92. The Balaban J connectivity index is 2.63. The van der Waals surface area contributed by atoms with E-state index >= 15 is 0 Å². The fraction of sp³-hybridized carbons (Fsp3) is 0.250. The van der Waals surface area contributed by atoms with E-state index in [4.69, 9.17) is 23.2 Å². The standard InChI is InChI=1S/C12H10Cl2F2N3O3P/c13-5-4-6(23)9(19(11(5)21)2-1-3-20)8-7(14)10(18-17-8)22-12(15)16/h3-4,12H,1-2,23H2,(H,17,18). The molecule has 1 atom stereocenters. The van der Waals surface area contributed by atoms with Gasteiger partial charge in [-0.2, -0.15) is 8.78 Å². The van der Waals surface area contributed by atoms with E-state index in [1.165, 1.54) is 10.6 Å². The molecular weight excluding hydrogens is 374 g/mol. The van der Waals surface area contributed by atoms with Gasteiger partial charge in [0.1, 0.15) is 22.0 Å². The van der Waals surface area contributed by atoms with Gasteiger partial charge in [-0.25, -0.2) is 0 Å². The Hall–Kier alpha value is -1.50. The number of rotatable bonds is 6. The molecule has 0 amide bonds. The Morgan fingerprint density at radius 2 is 2.17 bits per heavy atom. The molecule has 2 heterocycles. The number of aromatic amines is 1. The first-order valence-corrected chi connectivity index (χ1v) is 7.51. The summed E-state index contributed by atoms with van der Waals surface area (Å²) in [6.45, 7) is -3.05. The Bertz CT molecular complexity index is 795. The van der Waals surface area contributed by atoms with E-state index in [1.54, 1.807) is 0 Å². The van der Waals surface area contributed by atoms with Gasteiger partial charge in [-0.15, -0.1) is 14.3 Å². The van der Waals surface area contributed by atoms with Gasteiger partial charge in [0.15, 0.2) is 0 Å². The van der Waals surface area contributed by atoms with Crippen LogP contribution in [0.5, 0.6) is 5.88 Å². The van der Waals surface area contributed by atoms with Crippen LogP contribution in [0.4, 0.5) is 8.78 Å². The Morgan fingerprint density at radius 1 is 1.48 bits per heavy atom. The summed E-state index contributed by atoms with van der Waals surface area (Å²) < 4.78 is 30.0. The fourth-order valence-corrected chi connectivity index (χ4v) is 2.97. The number of aldehydes is 1. The van der Waals surface area contributed by atoms with Crippen LogP contribution < -0.4 is 15.6 Å². The van der Waals surface area contributed by atoms with E-state index in [-0.39, 0.29) is 34.4 Å². The van der Waals surface area contributed by atoms with Crippen molar-refractivity contribution in [1.29, 1.82) is 0 Å². The highest BCUT2D eigenvalue weighted by atomic mass is 35.5. The maximum Gasteiger partial charge on any atom is 0.388 e. The van der Waals surface area contributed by atoms with Crippen LogP contribution in [0.2, 0.25) is 10.0 Å². The van der Waals surface area contributed by atoms with Crippen LogP contribution in [0, 0.1) is 0 Å². The predicted octanol–water partition coefficient (Wildman–Crippen LogP) is 2.24. The van der Waals surface area contributed by atoms with Crippen LogP contribution in [-0.2, 0) is 11.3 Å². The van der Waals surface area contributed by atoms with E-state index in [2.05, 4.69) is 24.2 Å². The number of H-pyrrole nitrogens is 1. The van der Waals surface area contributed by atoms with Gasteiger partial charge in [-0.05, 0) is 11.4 Å². The lowest BCUT2D eigenvalue weighted by Gasteiger charge is -2.14. The first-order chi connectivity index (χ1) is 10.9. The van der Waals surface area contributed by atoms with Crippen molar-refractivity contribution >= 4 is 44.0 Å². The molecule has 0 aliphatic rings. The molecule has 2 rings (SSSR count). The van der Waals surface area contributed by atoms with E-state index < -0.39 is 18.1 Å². The SMILES string of the molecule is O=CCCn1c(-c2[nH]nc(OC(F)F)c2Cl)c(P)cc(Cl)c1=O. The number of nitrogens with zero attached hydrogens (tertiary/aromatic N) is 2. The first kappa shape index (κ1) is 17.8. The minimum absolute atomic E-state index is 0.0417. The van der Waals surface area contributed by atoms with E-state index in [9.17, 15) is 18.4 Å². The second kappa shape index (κ2) is 7.38. The second-order valence-electron chi connectivity index (χ2n) is 4.30. The van der Waals surface area contributed by atoms with Crippen molar-refractivity contribution in [3.05, 3.63) is 26.5 Å². The normalized spacial score (nSPS) is 11.0. The molecule has 124 valence electrons. The zero-order valence-corrected chi connectivity index (χ0v) is 14.0. The van der Waals surface area contributed by atoms with Crippen LogP contribution in [-0.4, -0.2) is 27.7 Å². The van der Waals surface area contributed by atoms with Gasteiger partial charge in [0.2, 0.25) is 0 Å². The number of aromatic nitrogens is 3. The Labute approximate surface area is 140 Å². The monoisotopic (exact) mass is 383 g/mol. The number of nitrogens with one attached hydrogen (secondary N) is 1. The van der Waals surface area contributed by atoms with Crippen LogP contribution in [0.3, 0.4) is 0 Å². The molecule has 2 aromatic rings. The second-order valence-corrected chi connectivity index (χ2v) is 5.71. The molecule has 0 fully saturated rings. The van der Waals surface area contributed by atoms with Crippen molar-refractivity contribution in [1.82, 2.24) is 14.8 Å². The Kier molecular flexibility index (Phi) is 5.73. The molecule has 0 aromatic carbocycles. The van der Waals surface area contributed by atoms with Crippen LogP contribution >= 0.6 is 32.4 Å². The smallest absolute Gasteiger partial charge is 0.388 e. The topological polar surface area (TPSA) is 77.0 Å². The van der Waals surface area contributed by atoms with Crippen molar-refractivity contribution in [2.45, 2.75) is 19.6 Å². The number of pyridine rings is 1. The molecule has 23 heavy (non-hydrogen) atoms. The van der Waals surface area contributed by atoms with Crippen LogP contribution in [0.25, 0.3) is 11.4 Å².